The van der Waals surface area contributed by atoms with Crippen LogP contribution in [-0.4, -0.2) is 32.2 Å². The highest BCUT2D eigenvalue weighted by Gasteiger charge is 2.34. The maximum absolute atomic E-state index is 12.9. The number of para-hydroxylation sites is 1. The van der Waals surface area contributed by atoms with Gasteiger partial charge < -0.3 is 5.32 Å². The van der Waals surface area contributed by atoms with Crippen molar-refractivity contribution in [2.24, 2.45) is 0 Å². The summed E-state index contributed by atoms with van der Waals surface area (Å²) in [6, 6.07) is 9.03. The molecule has 28 heavy (non-hydrogen) atoms. The van der Waals surface area contributed by atoms with E-state index in [1.165, 1.54) is 0 Å². The molecular formula is C18H18ClF3N2O3S. The van der Waals surface area contributed by atoms with Crippen LogP contribution in [0.15, 0.2) is 47.4 Å². The topological polar surface area (TPSA) is 66.5 Å². The van der Waals surface area contributed by atoms with Crippen LogP contribution in [0.3, 0.4) is 0 Å². The second-order valence-corrected chi connectivity index (χ2v) is 8.38. The zero-order valence-electron chi connectivity index (χ0n) is 15.0. The van der Waals surface area contributed by atoms with E-state index in [4.69, 9.17) is 11.6 Å². The summed E-state index contributed by atoms with van der Waals surface area (Å²) in [6.45, 7) is 1.31. The van der Waals surface area contributed by atoms with E-state index in [2.05, 4.69) is 5.32 Å². The number of nitrogens with zero attached hydrogens (tertiary/aromatic N) is 1. The zero-order valence-corrected chi connectivity index (χ0v) is 16.6. The Kier molecular flexibility index (Phi) is 6.74. The Bertz CT molecular complexity index is 978. The molecular weight excluding hydrogens is 417 g/mol. The standard InChI is InChI=1S/C18H18ClF3N2O3S/c1-3-12-6-4-5-7-15(12)23-17(25)11-24(2)28(26,27)16-10-13(18(20,21)22)8-9-14(16)19/h4-10H,3,11H2,1-2H3,(H,23,25). The summed E-state index contributed by atoms with van der Waals surface area (Å²) in [5, 5.41) is 2.24. The Labute approximate surface area is 166 Å². The Morgan fingerprint density at radius 2 is 1.82 bits per heavy atom. The number of likely N-dealkylation sites (N-methyl/N-ethyl adjacent to an activating group) is 1. The minimum absolute atomic E-state index is 0.364. The molecule has 1 amide bonds. The Balaban J connectivity index is 2.23. The largest absolute Gasteiger partial charge is 0.416 e. The van der Waals surface area contributed by atoms with Crippen LogP contribution in [0.1, 0.15) is 18.1 Å². The van der Waals surface area contributed by atoms with Gasteiger partial charge in [-0.3, -0.25) is 4.79 Å². The van der Waals surface area contributed by atoms with E-state index in [9.17, 15) is 26.4 Å². The molecule has 0 fully saturated rings. The predicted molar refractivity (Wildman–Crippen MR) is 101 cm³/mol. The highest BCUT2D eigenvalue weighted by atomic mass is 35.5. The molecule has 0 spiro atoms. The van der Waals surface area contributed by atoms with Crippen molar-refractivity contribution >= 4 is 33.2 Å². The van der Waals surface area contributed by atoms with E-state index in [1.807, 2.05) is 13.0 Å². The lowest BCUT2D eigenvalue weighted by Gasteiger charge is -2.19. The molecule has 0 saturated heterocycles. The molecule has 0 aliphatic heterocycles. The lowest BCUT2D eigenvalue weighted by atomic mass is 10.1. The number of anilines is 1. The molecule has 0 heterocycles. The molecule has 5 nitrogen and oxygen atoms in total. The van der Waals surface area contributed by atoms with Gasteiger partial charge in [-0.1, -0.05) is 36.7 Å². The molecule has 2 aromatic rings. The predicted octanol–water partition coefficient (Wildman–Crippen LogP) is 4.18. The first-order chi connectivity index (χ1) is 13.0. The Hall–Kier alpha value is -2.10. The summed E-state index contributed by atoms with van der Waals surface area (Å²) in [6.07, 6.45) is -4.07. The zero-order chi connectivity index (χ0) is 21.1. The third kappa shape index (κ3) is 5.03. The van der Waals surface area contributed by atoms with Crippen LogP contribution >= 0.6 is 11.6 Å². The molecule has 0 aliphatic rings. The van der Waals surface area contributed by atoms with Crippen molar-refractivity contribution in [2.45, 2.75) is 24.4 Å². The summed E-state index contributed by atoms with van der Waals surface area (Å²) >= 11 is 5.81. The maximum atomic E-state index is 12.9. The number of nitrogens with one attached hydrogen (secondary N) is 1. The molecule has 1 N–H and O–H groups in total. The van der Waals surface area contributed by atoms with E-state index in [0.717, 1.165) is 18.7 Å². The fraction of sp³-hybridized carbons (Fsp3) is 0.278. The number of alkyl halides is 3. The maximum Gasteiger partial charge on any atom is 0.416 e. The second-order valence-electron chi connectivity index (χ2n) is 5.96. The summed E-state index contributed by atoms with van der Waals surface area (Å²) in [7, 11) is -3.32. The SMILES string of the molecule is CCc1ccccc1NC(=O)CN(C)S(=O)(=O)c1cc(C(F)(F)F)ccc1Cl. The van der Waals surface area contributed by atoms with Gasteiger partial charge in [-0.2, -0.15) is 17.5 Å². The van der Waals surface area contributed by atoms with E-state index in [-0.39, 0.29) is 5.02 Å². The van der Waals surface area contributed by atoms with Gasteiger partial charge in [-0.15, -0.1) is 0 Å². The smallest absolute Gasteiger partial charge is 0.325 e. The molecule has 0 radical (unpaired) electrons. The van der Waals surface area contributed by atoms with Crippen molar-refractivity contribution in [1.82, 2.24) is 4.31 Å². The van der Waals surface area contributed by atoms with E-state index in [1.54, 1.807) is 18.2 Å². The van der Waals surface area contributed by atoms with Gasteiger partial charge in [0.2, 0.25) is 15.9 Å². The van der Waals surface area contributed by atoms with Crippen LogP contribution in [0, 0.1) is 0 Å². The van der Waals surface area contributed by atoms with Gasteiger partial charge in [-0.05, 0) is 36.2 Å². The first-order valence-electron chi connectivity index (χ1n) is 8.17. The molecule has 152 valence electrons. The van der Waals surface area contributed by atoms with Gasteiger partial charge in [-0.25, -0.2) is 8.42 Å². The van der Waals surface area contributed by atoms with Crippen LogP contribution in [0.25, 0.3) is 0 Å². The highest BCUT2D eigenvalue weighted by molar-refractivity contribution is 7.89. The monoisotopic (exact) mass is 434 g/mol. The van der Waals surface area contributed by atoms with Crippen molar-refractivity contribution in [3.05, 3.63) is 58.6 Å². The second kappa shape index (κ2) is 8.50. The van der Waals surface area contributed by atoms with Crippen molar-refractivity contribution < 1.29 is 26.4 Å². The first kappa shape index (κ1) is 22.2. The molecule has 10 heteroatoms. The molecule has 0 bridgehead atoms. The molecule has 0 aromatic heterocycles. The minimum Gasteiger partial charge on any atom is -0.325 e. The summed E-state index contributed by atoms with van der Waals surface area (Å²) < 4.78 is 64.6. The van der Waals surface area contributed by atoms with E-state index >= 15 is 0 Å². The first-order valence-corrected chi connectivity index (χ1v) is 9.99. The number of amides is 1. The average Bonchev–Trinajstić information content (AvgIpc) is 2.61. The van der Waals surface area contributed by atoms with Crippen molar-refractivity contribution in [2.75, 3.05) is 18.9 Å². The van der Waals surface area contributed by atoms with Crippen LogP contribution in [0.4, 0.5) is 18.9 Å². The third-order valence-corrected chi connectivity index (χ3v) is 6.27. The summed E-state index contributed by atoms with van der Waals surface area (Å²) in [4.78, 5) is 11.5. The number of hydrogen-bond acceptors (Lipinski definition) is 3. The third-order valence-electron chi connectivity index (χ3n) is 3.99. The minimum atomic E-state index is -4.73. The van der Waals surface area contributed by atoms with Gasteiger partial charge in [0.1, 0.15) is 4.90 Å². The molecule has 0 aliphatic carbocycles. The van der Waals surface area contributed by atoms with Crippen LogP contribution < -0.4 is 5.32 Å². The van der Waals surface area contributed by atoms with E-state index < -0.39 is 39.1 Å². The van der Waals surface area contributed by atoms with Gasteiger partial charge in [0, 0.05) is 12.7 Å². The highest BCUT2D eigenvalue weighted by Crippen LogP contribution is 2.34. The van der Waals surface area contributed by atoms with Gasteiger partial charge in [0.05, 0.1) is 17.1 Å². The fourth-order valence-corrected chi connectivity index (χ4v) is 4.10. The van der Waals surface area contributed by atoms with Crippen LogP contribution in [0.5, 0.6) is 0 Å². The fourth-order valence-electron chi connectivity index (χ4n) is 2.47. The number of hydrogen-bond donors (Lipinski definition) is 1. The average molecular weight is 435 g/mol. The lowest BCUT2D eigenvalue weighted by molar-refractivity contribution is -0.137. The molecule has 0 unspecified atom stereocenters. The quantitative estimate of drug-likeness (QED) is 0.741. The number of halogens is 4. The molecule has 0 atom stereocenters. The molecule has 2 aromatic carbocycles. The normalized spacial score (nSPS) is 12.2. The number of aryl methyl sites for hydroxylation is 1. The molecule has 2 rings (SSSR count). The van der Waals surface area contributed by atoms with Crippen molar-refractivity contribution in [1.29, 1.82) is 0 Å². The summed E-state index contributed by atoms with van der Waals surface area (Å²) in [5.74, 6) is -0.630. The van der Waals surface area contributed by atoms with Gasteiger partial charge >= 0.3 is 6.18 Å². The number of sulfonamides is 1. The number of benzene rings is 2. The van der Waals surface area contributed by atoms with Crippen molar-refractivity contribution in [3.63, 3.8) is 0 Å². The van der Waals surface area contributed by atoms with Crippen LogP contribution in [0.2, 0.25) is 5.02 Å². The number of rotatable bonds is 6. The Morgan fingerprint density at radius 3 is 2.43 bits per heavy atom. The van der Waals surface area contributed by atoms with Crippen LogP contribution in [-0.2, 0) is 27.4 Å². The van der Waals surface area contributed by atoms with Gasteiger partial charge in [0.15, 0.2) is 0 Å². The lowest BCUT2D eigenvalue weighted by Crippen LogP contribution is -2.35. The number of carbonyl (C=O) groups is 1. The summed E-state index contributed by atoms with van der Waals surface area (Å²) in [5.41, 5.74) is 0.255. The van der Waals surface area contributed by atoms with E-state index in [0.29, 0.717) is 28.5 Å². The Morgan fingerprint density at radius 1 is 1.18 bits per heavy atom. The molecule has 0 saturated carbocycles. The number of carbonyl (C=O) groups excluding carboxylic acids is 1. The van der Waals surface area contributed by atoms with Gasteiger partial charge in [0.25, 0.3) is 0 Å². The van der Waals surface area contributed by atoms with Crippen molar-refractivity contribution in [3.8, 4) is 0 Å².